The van der Waals surface area contributed by atoms with E-state index in [2.05, 4.69) is 22.0 Å². The standard InChI is InChI=1S/C13H12BrClO2S/c1-16-9-6-5-8(13(17-2)12(9)15)11(14)10-4-3-7-18-10/h3-7,11H,1-2H3. The fourth-order valence-corrected chi connectivity index (χ4v) is 3.59. The molecule has 2 nitrogen and oxygen atoms in total. The first-order valence-corrected chi connectivity index (χ1v) is 7.44. The van der Waals surface area contributed by atoms with Gasteiger partial charge in [0.25, 0.3) is 0 Å². The normalized spacial score (nSPS) is 12.2. The molecule has 0 N–H and O–H groups in total. The van der Waals surface area contributed by atoms with E-state index >= 15 is 0 Å². The first-order valence-electron chi connectivity index (χ1n) is 5.27. The van der Waals surface area contributed by atoms with Gasteiger partial charge in [0.05, 0.1) is 19.0 Å². The molecular formula is C13H12BrClO2S. The van der Waals surface area contributed by atoms with Gasteiger partial charge in [-0.3, -0.25) is 0 Å². The Bertz CT molecular complexity index is 528. The molecule has 1 unspecified atom stereocenters. The quantitative estimate of drug-likeness (QED) is 0.732. The molecule has 0 radical (unpaired) electrons. The van der Waals surface area contributed by atoms with Crippen LogP contribution in [0, 0.1) is 0 Å². The van der Waals surface area contributed by atoms with Crippen LogP contribution in [0.3, 0.4) is 0 Å². The van der Waals surface area contributed by atoms with Gasteiger partial charge in [-0.1, -0.05) is 39.7 Å². The Morgan fingerprint density at radius 2 is 2.00 bits per heavy atom. The summed E-state index contributed by atoms with van der Waals surface area (Å²) in [6.07, 6.45) is 0. The third-order valence-electron chi connectivity index (χ3n) is 2.58. The van der Waals surface area contributed by atoms with E-state index in [1.54, 1.807) is 25.6 Å². The largest absolute Gasteiger partial charge is 0.495 e. The van der Waals surface area contributed by atoms with Crippen molar-refractivity contribution in [2.75, 3.05) is 14.2 Å². The van der Waals surface area contributed by atoms with E-state index in [0.717, 1.165) is 5.56 Å². The fourth-order valence-electron chi connectivity index (χ4n) is 1.71. The molecule has 0 aliphatic heterocycles. The second-order valence-electron chi connectivity index (χ2n) is 3.58. The third-order valence-corrected chi connectivity index (χ3v) is 5.17. The van der Waals surface area contributed by atoms with Crippen LogP contribution in [0.15, 0.2) is 29.6 Å². The summed E-state index contributed by atoms with van der Waals surface area (Å²) in [5.74, 6) is 1.26. The van der Waals surface area contributed by atoms with Gasteiger partial charge in [0.2, 0.25) is 0 Å². The summed E-state index contributed by atoms with van der Waals surface area (Å²) >= 11 is 11.6. The van der Waals surface area contributed by atoms with Crippen molar-refractivity contribution >= 4 is 38.9 Å². The number of benzene rings is 1. The van der Waals surface area contributed by atoms with Gasteiger partial charge in [0, 0.05) is 10.4 Å². The molecule has 5 heteroatoms. The summed E-state index contributed by atoms with van der Waals surface area (Å²) in [5, 5.41) is 2.54. The molecule has 18 heavy (non-hydrogen) atoms. The molecule has 2 rings (SSSR count). The van der Waals surface area contributed by atoms with Crippen LogP contribution >= 0.6 is 38.9 Å². The summed E-state index contributed by atoms with van der Waals surface area (Å²) in [5.41, 5.74) is 0.991. The van der Waals surface area contributed by atoms with E-state index in [1.165, 1.54) is 4.88 Å². The number of methoxy groups -OCH3 is 2. The molecule has 0 bridgehead atoms. The first-order chi connectivity index (χ1) is 8.69. The molecule has 1 heterocycles. The maximum Gasteiger partial charge on any atom is 0.145 e. The maximum atomic E-state index is 6.25. The molecule has 0 fully saturated rings. The zero-order valence-corrected chi connectivity index (χ0v) is 13.1. The van der Waals surface area contributed by atoms with Crippen molar-refractivity contribution in [3.63, 3.8) is 0 Å². The molecule has 0 amide bonds. The van der Waals surface area contributed by atoms with Gasteiger partial charge in [0.1, 0.15) is 16.5 Å². The number of rotatable bonds is 4. The minimum atomic E-state index is 0.0656. The highest BCUT2D eigenvalue weighted by molar-refractivity contribution is 9.09. The van der Waals surface area contributed by atoms with E-state index in [-0.39, 0.29) is 4.83 Å². The van der Waals surface area contributed by atoms with Gasteiger partial charge in [0.15, 0.2) is 0 Å². The average Bonchev–Trinajstić information content (AvgIpc) is 2.91. The molecule has 96 valence electrons. The molecular weight excluding hydrogens is 336 g/mol. The van der Waals surface area contributed by atoms with Crippen molar-refractivity contribution in [1.29, 1.82) is 0 Å². The molecule has 1 aromatic heterocycles. The first kappa shape index (κ1) is 13.7. The lowest BCUT2D eigenvalue weighted by Crippen LogP contribution is -1.98. The highest BCUT2D eigenvalue weighted by Gasteiger charge is 2.20. The summed E-state index contributed by atoms with van der Waals surface area (Å²) in [4.78, 5) is 1.27. The Labute approximate surface area is 124 Å². The summed E-state index contributed by atoms with van der Waals surface area (Å²) in [6, 6.07) is 7.90. The molecule has 0 spiro atoms. The van der Waals surface area contributed by atoms with Gasteiger partial charge in [-0.15, -0.1) is 11.3 Å². The number of hydrogen-bond donors (Lipinski definition) is 0. The van der Waals surface area contributed by atoms with E-state index in [4.69, 9.17) is 21.1 Å². The van der Waals surface area contributed by atoms with Crippen LogP contribution in [0.4, 0.5) is 0 Å². The topological polar surface area (TPSA) is 18.5 Å². The number of ether oxygens (including phenoxy) is 2. The number of hydrogen-bond acceptors (Lipinski definition) is 3. The van der Waals surface area contributed by atoms with Crippen LogP contribution in [0.2, 0.25) is 5.02 Å². The van der Waals surface area contributed by atoms with Crippen LogP contribution in [-0.4, -0.2) is 14.2 Å². The second-order valence-corrected chi connectivity index (χ2v) is 5.86. The SMILES string of the molecule is COc1ccc(C(Br)c2cccs2)c(OC)c1Cl. The molecule has 0 saturated carbocycles. The molecule has 0 saturated heterocycles. The summed E-state index contributed by atoms with van der Waals surface area (Å²) in [7, 11) is 3.20. The van der Waals surface area contributed by atoms with Crippen molar-refractivity contribution in [3.8, 4) is 11.5 Å². The smallest absolute Gasteiger partial charge is 0.145 e. The van der Waals surface area contributed by atoms with Gasteiger partial charge >= 0.3 is 0 Å². The van der Waals surface area contributed by atoms with Crippen LogP contribution in [0.25, 0.3) is 0 Å². The molecule has 0 aliphatic carbocycles. The average molecular weight is 348 g/mol. The predicted molar refractivity (Wildman–Crippen MR) is 79.6 cm³/mol. The van der Waals surface area contributed by atoms with E-state index in [9.17, 15) is 0 Å². The lowest BCUT2D eigenvalue weighted by Gasteiger charge is -2.16. The molecule has 0 aliphatic rings. The van der Waals surface area contributed by atoms with E-state index in [1.807, 2.05) is 23.6 Å². The van der Waals surface area contributed by atoms with Crippen molar-refractivity contribution in [2.24, 2.45) is 0 Å². The number of halogens is 2. The van der Waals surface area contributed by atoms with E-state index in [0.29, 0.717) is 16.5 Å². The van der Waals surface area contributed by atoms with Crippen LogP contribution in [0.1, 0.15) is 15.3 Å². The van der Waals surface area contributed by atoms with Gasteiger partial charge in [-0.25, -0.2) is 0 Å². The van der Waals surface area contributed by atoms with Gasteiger partial charge in [-0.05, 0) is 17.5 Å². The number of alkyl halides is 1. The Kier molecular flexibility index (Phi) is 4.54. The minimum Gasteiger partial charge on any atom is -0.495 e. The molecule has 1 atom stereocenters. The lowest BCUT2D eigenvalue weighted by atomic mass is 10.1. The van der Waals surface area contributed by atoms with Crippen LogP contribution in [0.5, 0.6) is 11.5 Å². The third kappa shape index (κ3) is 2.51. The van der Waals surface area contributed by atoms with Crippen molar-refractivity contribution in [1.82, 2.24) is 0 Å². The monoisotopic (exact) mass is 346 g/mol. The lowest BCUT2D eigenvalue weighted by molar-refractivity contribution is 0.392. The highest BCUT2D eigenvalue weighted by atomic mass is 79.9. The Morgan fingerprint density at radius 3 is 2.56 bits per heavy atom. The molecule has 2 aromatic rings. The van der Waals surface area contributed by atoms with Crippen molar-refractivity contribution in [3.05, 3.63) is 45.1 Å². The Balaban J connectivity index is 2.48. The van der Waals surface area contributed by atoms with Crippen molar-refractivity contribution < 1.29 is 9.47 Å². The van der Waals surface area contributed by atoms with Crippen LogP contribution in [-0.2, 0) is 0 Å². The summed E-state index contributed by atoms with van der Waals surface area (Å²) in [6.45, 7) is 0. The summed E-state index contributed by atoms with van der Waals surface area (Å²) < 4.78 is 10.6. The van der Waals surface area contributed by atoms with Crippen LogP contribution < -0.4 is 9.47 Å². The number of thiophene rings is 1. The van der Waals surface area contributed by atoms with Gasteiger partial charge in [-0.2, -0.15) is 0 Å². The van der Waals surface area contributed by atoms with Gasteiger partial charge < -0.3 is 9.47 Å². The predicted octanol–water partition coefficient (Wildman–Crippen LogP) is 4.90. The zero-order valence-electron chi connectivity index (χ0n) is 9.94. The minimum absolute atomic E-state index is 0.0656. The fraction of sp³-hybridized carbons (Fsp3) is 0.231. The van der Waals surface area contributed by atoms with E-state index < -0.39 is 0 Å². The molecule has 1 aromatic carbocycles. The Hall–Kier alpha value is -0.710. The maximum absolute atomic E-state index is 6.25. The highest BCUT2D eigenvalue weighted by Crippen LogP contribution is 2.44. The Morgan fingerprint density at radius 1 is 1.22 bits per heavy atom. The second kappa shape index (κ2) is 5.95. The van der Waals surface area contributed by atoms with Crippen molar-refractivity contribution in [2.45, 2.75) is 4.83 Å². The zero-order chi connectivity index (χ0) is 13.1.